The molecule has 3 rings (SSSR count). The Morgan fingerprint density at radius 2 is 1.84 bits per heavy atom. The molecule has 0 spiro atoms. The smallest absolute Gasteiger partial charge is 0.193 e. The highest BCUT2D eigenvalue weighted by Crippen LogP contribution is 2.38. The van der Waals surface area contributed by atoms with Gasteiger partial charge < -0.3 is 20.5 Å². The summed E-state index contributed by atoms with van der Waals surface area (Å²) in [4.78, 5) is 4.59. The first-order chi connectivity index (χ1) is 11.5. The maximum absolute atomic E-state index is 6.08. The zero-order valence-electron chi connectivity index (χ0n) is 14.6. The van der Waals surface area contributed by atoms with E-state index in [1.54, 1.807) is 0 Å². The maximum Gasteiger partial charge on any atom is 0.193 e. The first-order valence-electron chi connectivity index (χ1n) is 8.15. The molecule has 1 aliphatic rings. The number of fused-ring (bicyclic) bond motifs is 1. The SMILES string of the molecule is CC(C)Oc1ccc(NC(N)=NC2c3ccccc3OC2C)cc1.I. The normalized spacial score (nSPS) is 19.0. The number of benzene rings is 2. The minimum Gasteiger partial charge on any atom is -0.491 e. The van der Waals surface area contributed by atoms with Crippen molar-refractivity contribution in [3.63, 3.8) is 0 Å². The molecule has 2 atom stereocenters. The molecule has 3 N–H and O–H groups in total. The maximum atomic E-state index is 6.08. The van der Waals surface area contributed by atoms with Crippen LogP contribution in [0.3, 0.4) is 0 Å². The molecule has 1 aliphatic heterocycles. The van der Waals surface area contributed by atoms with E-state index in [1.807, 2.05) is 69.3 Å². The number of nitrogens with zero attached hydrogens (tertiary/aromatic N) is 1. The first-order valence-corrected chi connectivity index (χ1v) is 8.15. The number of hydrogen-bond acceptors (Lipinski definition) is 3. The third-order valence-corrected chi connectivity index (χ3v) is 3.77. The Morgan fingerprint density at radius 3 is 2.52 bits per heavy atom. The quantitative estimate of drug-likeness (QED) is 0.411. The van der Waals surface area contributed by atoms with Gasteiger partial charge in [0.05, 0.1) is 6.10 Å². The summed E-state index contributed by atoms with van der Waals surface area (Å²) in [6, 6.07) is 15.5. The van der Waals surface area contributed by atoms with E-state index in [0.29, 0.717) is 5.96 Å². The minimum absolute atomic E-state index is 0. The van der Waals surface area contributed by atoms with E-state index in [0.717, 1.165) is 22.7 Å². The molecule has 0 radical (unpaired) electrons. The van der Waals surface area contributed by atoms with Gasteiger partial charge in [-0.3, -0.25) is 0 Å². The average Bonchev–Trinajstić information content (AvgIpc) is 2.85. The van der Waals surface area contributed by atoms with Gasteiger partial charge in [0.1, 0.15) is 23.6 Å². The van der Waals surface area contributed by atoms with Gasteiger partial charge in [-0.2, -0.15) is 0 Å². The van der Waals surface area contributed by atoms with Crippen LogP contribution < -0.4 is 20.5 Å². The molecule has 0 amide bonds. The van der Waals surface area contributed by atoms with Crippen molar-refractivity contribution in [2.24, 2.45) is 10.7 Å². The molecule has 134 valence electrons. The number of para-hydroxylation sites is 1. The highest BCUT2D eigenvalue weighted by Gasteiger charge is 2.30. The van der Waals surface area contributed by atoms with E-state index in [9.17, 15) is 0 Å². The highest BCUT2D eigenvalue weighted by atomic mass is 127. The van der Waals surface area contributed by atoms with E-state index < -0.39 is 0 Å². The summed E-state index contributed by atoms with van der Waals surface area (Å²) in [5, 5.41) is 3.12. The summed E-state index contributed by atoms with van der Waals surface area (Å²) in [6.45, 7) is 6.00. The molecular weight excluding hydrogens is 429 g/mol. The predicted molar refractivity (Wildman–Crippen MR) is 112 cm³/mol. The van der Waals surface area contributed by atoms with Crippen LogP contribution in [0.5, 0.6) is 11.5 Å². The van der Waals surface area contributed by atoms with Gasteiger partial charge in [0.25, 0.3) is 0 Å². The van der Waals surface area contributed by atoms with Crippen LogP contribution in [0.2, 0.25) is 0 Å². The molecule has 0 aromatic heterocycles. The molecule has 2 aromatic rings. The average molecular weight is 453 g/mol. The van der Waals surface area contributed by atoms with Crippen LogP contribution in [0.25, 0.3) is 0 Å². The number of anilines is 1. The molecule has 0 saturated heterocycles. The van der Waals surface area contributed by atoms with Crippen LogP contribution in [-0.4, -0.2) is 18.2 Å². The van der Waals surface area contributed by atoms with Crippen LogP contribution >= 0.6 is 24.0 Å². The van der Waals surface area contributed by atoms with Gasteiger partial charge in [-0.25, -0.2) is 4.99 Å². The lowest BCUT2D eigenvalue weighted by atomic mass is 10.1. The topological polar surface area (TPSA) is 68.9 Å². The van der Waals surface area contributed by atoms with Gasteiger partial charge in [0.2, 0.25) is 0 Å². The molecule has 25 heavy (non-hydrogen) atoms. The Labute approximate surface area is 165 Å². The summed E-state index contributed by atoms with van der Waals surface area (Å²) < 4.78 is 11.4. The van der Waals surface area contributed by atoms with Crippen LogP contribution in [0.15, 0.2) is 53.5 Å². The molecule has 6 heteroatoms. The molecular formula is C19H24IN3O2. The molecule has 5 nitrogen and oxygen atoms in total. The van der Waals surface area contributed by atoms with Crippen molar-refractivity contribution in [2.75, 3.05) is 5.32 Å². The van der Waals surface area contributed by atoms with Gasteiger partial charge in [0.15, 0.2) is 5.96 Å². The van der Waals surface area contributed by atoms with Crippen molar-refractivity contribution in [2.45, 2.75) is 39.0 Å². The lowest BCUT2D eigenvalue weighted by Crippen LogP contribution is -2.25. The fourth-order valence-corrected chi connectivity index (χ4v) is 2.74. The number of nitrogens with one attached hydrogen (secondary N) is 1. The number of nitrogens with two attached hydrogens (primary N) is 1. The second-order valence-corrected chi connectivity index (χ2v) is 6.14. The van der Waals surface area contributed by atoms with Gasteiger partial charge in [0, 0.05) is 11.3 Å². The molecule has 0 aliphatic carbocycles. The van der Waals surface area contributed by atoms with Gasteiger partial charge in [-0.1, -0.05) is 18.2 Å². The first kappa shape index (κ1) is 19.4. The molecule has 0 fully saturated rings. The Bertz CT molecular complexity index is 732. The number of halogens is 1. The molecule has 0 saturated carbocycles. The number of hydrogen-bond donors (Lipinski definition) is 2. The molecule has 2 unspecified atom stereocenters. The summed E-state index contributed by atoms with van der Waals surface area (Å²) in [6.07, 6.45) is 0.115. The van der Waals surface area contributed by atoms with E-state index in [4.69, 9.17) is 15.2 Å². The van der Waals surface area contributed by atoms with Crippen molar-refractivity contribution in [1.29, 1.82) is 0 Å². The fourth-order valence-electron chi connectivity index (χ4n) is 2.74. The standard InChI is InChI=1S/C19H23N3O2.HI/c1-12(2)23-15-10-8-14(9-11-15)21-19(20)22-18-13(3)24-17-7-5-4-6-16(17)18;/h4-13,18H,1-3H3,(H3,20,21,22);1H. The molecule has 0 bridgehead atoms. The number of aliphatic imine (C=N–C) groups is 1. The van der Waals surface area contributed by atoms with Crippen LogP contribution in [-0.2, 0) is 0 Å². The summed E-state index contributed by atoms with van der Waals surface area (Å²) in [7, 11) is 0. The number of ether oxygens (including phenoxy) is 2. The summed E-state index contributed by atoms with van der Waals surface area (Å²) >= 11 is 0. The Kier molecular flexibility index (Phi) is 6.52. The van der Waals surface area contributed by atoms with Crippen molar-refractivity contribution in [3.05, 3.63) is 54.1 Å². The lowest BCUT2D eigenvalue weighted by Gasteiger charge is -2.13. The highest BCUT2D eigenvalue weighted by molar-refractivity contribution is 14.0. The van der Waals surface area contributed by atoms with Crippen LogP contribution in [0, 0.1) is 0 Å². The number of rotatable bonds is 4. The zero-order chi connectivity index (χ0) is 17.1. The van der Waals surface area contributed by atoms with E-state index in [-0.39, 0.29) is 42.2 Å². The van der Waals surface area contributed by atoms with Crippen molar-refractivity contribution >= 4 is 35.6 Å². The Hall–Kier alpha value is -1.96. The molecule has 1 heterocycles. The summed E-state index contributed by atoms with van der Waals surface area (Å²) in [5.41, 5.74) is 8.01. The minimum atomic E-state index is -0.0998. The molecule has 2 aromatic carbocycles. The predicted octanol–water partition coefficient (Wildman–Crippen LogP) is 4.34. The van der Waals surface area contributed by atoms with Gasteiger partial charge >= 0.3 is 0 Å². The Balaban J connectivity index is 0.00000225. The Morgan fingerprint density at radius 1 is 1.16 bits per heavy atom. The van der Waals surface area contributed by atoms with Crippen LogP contribution in [0.1, 0.15) is 32.4 Å². The van der Waals surface area contributed by atoms with Gasteiger partial charge in [-0.05, 0) is 51.1 Å². The third kappa shape index (κ3) is 4.78. The third-order valence-electron chi connectivity index (χ3n) is 3.77. The van der Waals surface area contributed by atoms with Crippen molar-refractivity contribution in [1.82, 2.24) is 0 Å². The number of guanidine groups is 1. The van der Waals surface area contributed by atoms with Gasteiger partial charge in [-0.15, -0.1) is 24.0 Å². The zero-order valence-corrected chi connectivity index (χ0v) is 16.9. The fraction of sp³-hybridized carbons (Fsp3) is 0.316. The summed E-state index contributed by atoms with van der Waals surface area (Å²) in [5.74, 6) is 2.07. The largest absolute Gasteiger partial charge is 0.491 e. The van der Waals surface area contributed by atoms with E-state index >= 15 is 0 Å². The van der Waals surface area contributed by atoms with E-state index in [1.165, 1.54) is 0 Å². The second kappa shape index (κ2) is 8.42. The van der Waals surface area contributed by atoms with E-state index in [2.05, 4.69) is 10.3 Å². The second-order valence-electron chi connectivity index (χ2n) is 6.14. The lowest BCUT2D eigenvalue weighted by molar-refractivity contribution is 0.229. The monoisotopic (exact) mass is 453 g/mol. The van der Waals surface area contributed by atoms with Crippen molar-refractivity contribution < 1.29 is 9.47 Å². The van der Waals surface area contributed by atoms with Crippen molar-refractivity contribution in [3.8, 4) is 11.5 Å². The van der Waals surface area contributed by atoms with Crippen LogP contribution in [0.4, 0.5) is 5.69 Å².